The first-order valence-electron chi connectivity index (χ1n) is 6.86. The number of pyridine rings is 1. The fourth-order valence-corrected chi connectivity index (χ4v) is 3.46. The third kappa shape index (κ3) is 2.34. The second-order valence-electron chi connectivity index (χ2n) is 5.27. The fourth-order valence-electron chi connectivity index (χ4n) is 3.26. The number of aromatic nitrogens is 1. The van der Waals surface area contributed by atoms with Crippen molar-refractivity contribution in [3.05, 3.63) is 24.0 Å². The van der Waals surface area contributed by atoms with E-state index in [1.165, 1.54) is 38.0 Å². The predicted molar refractivity (Wildman–Crippen MR) is 75.2 cm³/mol. The molecule has 2 aliphatic rings. The molecule has 0 aromatic carbocycles. The van der Waals surface area contributed by atoms with Crippen LogP contribution in [0.4, 0.5) is 5.69 Å². The molecule has 3 heterocycles. The molecular weight excluding hydrogens is 246 g/mol. The molecule has 2 saturated heterocycles. The number of hydrogen-bond acceptors (Lipinski definition) is 3. The zero-order valence-corrected chi connectivity index (χ0v) is 11.4. The second kappa shape index (κ2) is 5.45. The smallest absolute Gasteiger partial charge is 0.0509 e. The molecule has 4 heteroatoms. The molecule has 1 unspecified atom stereocenters. The maximum atomic E-state index is 6.03. The van der Waals surface area contributed by atoms with Gasteiger partial charge in [-0.3, -0.25) is 9.88 Å². The first kappa shape index (κ1) is 12.2. The number of halogens is 1. The Morgan fingerprint density at radius 3 is 3.06 bits per heavy atom. The Hall–Kier alpha value is -0.800. The van der Waals surface area contributed by atoms with Gasteiger partial charge in [-0.15, -0.1) is 11.6 Å². The average molecular weight is 266 g/mol. The van der Waals surface area contributed by atoms with Crippen molar-refractivity contribution in [2.24, 2.45) is 0 Å². The lowest BCUT2D eigenvalue weighted by Crippen LogP contribution is -2.36. The maximum absolute atomic E-state index is 6.03. The molecule has 3 rings (SSSR count). The van der Waals surface area contributed by atoms with Crippen LogP contribution >= 0.6 is 11.6 Å². The Morgan fingerprint density at radius 1 is 1.28 bits per heavy atom. The molecule has 0 saturated carbocycles. The van der Waals surface area contributed by atoms with Gasteiger partial charge in [0.05, 0.1) is 5.88 Å². The second-order valence-corrected chi connectivity index (χ2v) is 5.54. The summed E-state index contributed by atoms with van der Waals surface area (Å²) in [5.74, 6) is 0.550. The van der Waals surface area contributed by atoms with Crippen LogP contribution in [0.1, 0.15) is 24.8 Å². The molecule has 2 fully saturated rings. The SMILES string of the molecule is ClCc1cnccc1N1CCCN2CCCC2C1. The summed E-state index contributed by atoms with van der Waals surface area (Å²) in [6, 6.07) is 2.85. The monoisotopic (exact) mass is 265 g/mol. The van der Waals surface area contributed by atoms with Crippen LogP contribution in [-0.4, -0.2) is 42.1 Å². The third-order valence-corrected chi connectivity index (χ3v) is 4.45. The standard InChI is InChI=1S/C14H20ClN3/c15-9-12-10-16-5-4-14(12)18-8-2-7-17-6-1-3-13(17)11-18/h4-5,10,13H,1-3,6-9,11H2. The highest BCUT2D eigenvalue weighted by Crippen LogP contribution is 2.27. The Morgan fingerprint density at radius 2 is 2.17 bits per heavy atom. The zero-order chi connectivity index (χ0) is 12.4. The van der Waals surface area contributed by atoms with Crippen LogP contribution in [0.2, 0.25) is 0 Å². The summed E-state index contributed by atoms with van der Waals surface area (Å²) in [5, 5.41) is 0. The van der Waals surface area contributed by atoms with E-state index < -0.39 is 0 Å². The quantitative estimate of drug-likeness (QED) is 0.766. The van der Waals surface area contributed by atoms with Crippen LogP contribution in [0.15, 0.2) is 18.5 Å². The molecule has 1 atom stereocenters. The highest BCUT2D eigenvalue weighted by Gasteiger charge is 2.29. The predicted octanol–water partition coefficient (Wildman–Crippen LogP) is 2.49. The first-order chi connectivity index (χ1) is 8.88. The summed E-state index contributed by atoms with van der Waals surface area (Å²) in [6.07, 6.45) is 7.73. The molecule has 3 nitrogen and oxygen atoms in total. The van der Waals surface area contributed by atoms with Crippen molar-refractivity contribution in [3.8, 4) is 0 Å². The largest absolute Gasteiger partial charge is 0.370 e. The molecule has 0 N–H and O–H groups in total. The molecule has 0 bridgehead atoms. The Kier molecular flexibility index (Phi) is 3.71. The van der Waals surface area contributed by atoms with Gasteiger partial charge in [0.1, 0.15) is 0 Å². The van der Waals surface area contributed by atoms with Gasteiger partial charge in [0, 0.05) is 49.3 Å². The van der Waals surface area contributed by atoms with Gasteiger partial charge in [0.2, 0.25) is 0 Å². The van der Waals surface area contributed by atoms with Crippen molar-refractivity contribution in [3.63, 3.8) is 0 Å². The Labute approximate surface area is 114 Å². The van der Waals surface area contributed by atoms with Gasteiger partial charge in [-0.1, -0.05) is 0 Å². The van der Waals surface area contributed by atoms with Crippen LogP contribution in [0, 0.1) is 0 Å². The molecular formula is C14H20ClN3. The fraction of sp³-hybridized carbons (Fsp3) is 0.643. The summed E-state index contributed by atoms with van der Waals surface area (Å²) < 4.78 is 0. The number of rotatable bonds is 2. The highest BCUT2D eigenvalue weighted by molar-refractivity contribution is 6.17. The minimum Gasteiger partial charge on any atom is -0.370 e. The molecule has 0 radical (unpaired) electrons. The number of nitrogens with zero attached hydrogens (tertiary/aromatic N) is 3. The topological polar surface area (TPSA) is 19.4 Å². The van der Waals surface area contributed by atoms with Gasteiger partial charge in [0.15, 0.2) is 0 Å². The average Bonchev–Trinajstić information content (AvgIpc) is 2.76. The molecule has 0 spiro atoms. The number of fused-ring (bicyclic) bond motifs is 1. The van der Waals surface area contributed by atoms with Crippen molar-refractivity contribution in [2.75, 3.05) is 31.1 Å². The number of anilines is 1. The van der Waals surface area contributed by atoms with Crippen LogP contribution < -0.4 is 4.90 Å². The van der Waals surface area contributed by atoms with Crippen LogP contribution in [0.3, 0.4) is 0 Å². The van der Waals surface area contributed by atoms with Crippen molar-refractivity contribution < 1.29 is 0 Å². The lowest BCUT2D eigenvalue weighted by molar-refractivity contribution is 0.273. The normalized spacial score (nSPS) is 24.9. The van der Waals surface area contributed by atoms with Crippen molar-refractivity contribution in [1.29, 1.82) is 0 Å². The minimum atomic E-state index is 0.550. The van der Waals surface area contributed by atoms with Gasteiger partial charge in [-0.05, 0) is 31.9 Å². The zero-order valence-electron chi connectivity index (χ0n) is 10.7. The van der Waals surface area contributed by atoms with Gasteiger partial charge in [-0.2, -0.15) is 0 Å². The lowest BCUT2D eigenvalue weighted by atomic mass is 10.1. The van der Waals surface area contributed by atoms with E-state index in [0.29, 0.717) is 5.88 Å². The van der Waals surface area contributed by atoms with E-state index in [1.807, 2.05) is 12.4 Å². The van der Waals surface area contributed by atoms with Crippen molar-refractivity contribution in [2.45, 2.75) is 31.2 Å². The van der Waals surface area contributed by atoms with E-state index in [0.717, 1.165) is 24.7 Å². The van der Waals surface area contributed by atoms with E-state index in [-0.39, 0.29) is 0 Å². The number of hydrogen-bond donors (Lipinski definition) is 0. The van der Waals surface area contributed by atoms with Crippen LogP contribution in [0.25, 0.3) is 0 Å². The highest BCUT2D eigenvalue weighted by atomic mass is 35.5. The van der Waals surface area contributed by atoms with Gasteiger partial charge in [-0.25, -0.2) is 0 Å². The van der Waals surface area contributed by atoms with Crippen molar-refractivity contribution in [1.82, 2.24) is 9.88 Å². The van der Waals surface area contributed by atoms with E-state index in [4.69, 9.17) is 11.6 Å². The summed E-state index contributed by atoms with van der Waals surface area (Å²) in [4.78, 5) is 9.34. The molecule has 1 aromatic heterocycles. The van der Waals surface area contributed by atoms with Gasteiger partial charge in [0.25, 0.3) is 0 Å². The lowest BCUT2D eigenvalue weighted by Gasteiger charge is -2.28. The summed E-state index contributed by atoms with van der Waals surface area (Å²) in [7, 11) is 0. The Balaban J connectivity index is 1.82. The molecule has 0 aliphatic carbocycles. The van der Waals surface area contributed by atoms with E-state index in [1.54, 1.807) is 0 Å². The molecule has 2 aliphatic heterocycles. The summed E-state index contributed by atoms with van der Waals surface area (Å²) in [6.45, 7) is 4.83. The maximum Gasteiger partial charge on any atom is 0.0509 e. The van der Waals surface area contributed by atoms with E-state index in [2.05, 4.69) is 20.9 Å². The van der Waals surface area contributed by atoms with Gasteiger partial charge >= 0.3 is 0 Å². The first-order valence-corrected chi connectivity index (χ1v) is 7.40. The Bertz CT molecular complexity index is 410. The molecule has 18 heavy (non-hydrogen) atoms. The molecule has 1 aromatic rings. The van der Waals surface area contributed by atoms with Crippen molar-refractivity contribution >= 4 is 17.3 Å². The van der Waals surface area contributed by atoms with Crippen LogP contribution in [-0.2, 0) is 5.88 Å². The van der Waals surface area contributed by atoms with E-state index >= 15 is 0 Å². The summed E-state index contributed by atoms with van der Waals surface area (Å²) >= 11 is 6.03. The molecule has 98 valence electrons. The van der Waals surface area contributed by atoms with Gasteiger partial charge < -0.3 is 4.90 Å². The minimum absolute atomic E-state index is 0.550. The third-order valence-electron chi connectivity index (χ3n) is 4.17. The van der Waals surface area contributed by atoms with E-state index in [9.17, 15) is 0 Å². The summed E-state index contributed by atoms with van der Waals surface area (Å²) in [5.41, 5.74) is 2.44. The van der Waals surface area contributed by atoms with Crippen LogP contribution in [0.5, 0.6) is 0 Å². The molecule has 0 amide bonds. The number of alkyl halides is 1.